The fourth-order valence-electron chi connectivity index (χ4n) is 2.18. The van der Waals surface area contributed by atoms with Gasteiger partial charge >= 0.3 is 0 Å². The lowest BCUT2D eigenvalue weighted by Gasteiger charge is -2.25. The molecule has 0 aromatic heterocycles. The van der Waals surface area contributed by atoms with E-state index in [9.17, 15) is 4.79 Å². The van der Waals surface area contributed by atoms with Gasteiger partial charge in [-0.05, 0) is 24.8 Å². The maximum atomic E-state index is 11.2. The molecule has 0 aromatic carbocycles. The Morgan fingerprint density at radius 3 is 3.17 bits per heavy atom. The van der Waals surface area contributed by atoms with Gasteiger partial charge in [0.1, 0.15) is 0 Å². The highest BCUT2D eigenvalue weighted by molar-refractivity contribution is 5.83. The first-order chi connectivity index (χ1) is 5.76. The van der Waals surface area contributed by atoms with Crippen LogP contribution in [0.4, 0.5) is 0 Å². The molecule has 0 aromatic rings. The van der Waals surface area contributed by atoms with Crippen LogP contribution in [0.1, 0.15) is 19.3 Å². The first-order valence-electron chi connectivity index (χ1n) is 4.09. The molecule has 64 valence electrons. The van der Waals surface area contributed by atoms with Crippen molar-refractivity contribution >= 4 is 5.91 Å². The summed E-state index contributed by atoms with van der Waals surface area (Å²) in [5.74, 6) is 0.313. The van der Waals surface area contributed by atoms with E-state index in [1.165, 1.54) is 0 Å². The quantitative estimate of drug-likeness (QED) is 0.370. The van der Waals surface area contributed by atoms with Crippen molar-refractivity contribution in [2.75, 3.05) is 6.54 Å². The molecule has 1 saturated carbocycles. The molecule has 1 saturated heterocycles. The van der Waals surface area contributed by atoms with Crippen LogP contribution >= 0.6 is 0 Å². The van der Waals surface area contributed by atoms with E-state index in [1.807, 2.05) is 0 Å². The molecule has 2 atom stereocenters. The van der Waals surface area contributed by atoms with Gasteiger partial charge < -0.3 is 5.32 Å². The fraction of sp³-hybridized carbons (Fsp3) is 0.857. The Kier molecular flexibility index (Phi) is 1.48. The number of piperidine rings is 1. The summed E-state index contributed by atoms with van der Waals surface area (Å²) in [4.78, 5) is 13.9. The molecule has 0 spiro atoms. The zero-order valence-corrected chi connectivity index (χ0v) is 6.66. The summed E-state index contributed by atoms with van der Waals surface area (Å²) in [6.07, 6.45) is 2.76. The minimum atomic E-state index is -0.187. The lowest BCUT2D eigenvalue weighted by molar-refractivity contribution is -0.124. The van der Waals surface area contributed by atoms with Gasteiger partial charge in [0.15, 0.2) is 0 Å². The number of fused-ring (bicyclic) bond motifs is 2. The van der Waals surface area contributed by atoms with Crippen molar-refractivity contribution in [1.82, 2.24) is 5.32 Å². The molecule has 1 heterocycles. The Morgan fingerprint density at radius 2 is 2.67 bits per heavy atom. The molecule has 0 radical (unpaired) electrons. The maximum Gasteiger partial charge on any atom is 0.223 e. The number of carbonyl (C=O) groups excluding carboxylic acids is 1. The van der Waals surface area contributed by atoms with Crippen molar-refractivity contribution in [3.63, 3.8) is 0 Å². The minimum absolute atomic E-state index is 0.134. The van der Waals surface area contributed by atoms with Crippen LogP contribution in [0.25, 0.3) is 10.4 Å². The van der Waals surface area contributed by atoms with Crippen LogP contribution < -0.4 is 5.32 Å². The number of hydrogen-bond donors (Lipinski definition) is 1. The summed E-state index contributed by atoms with van der Waals surface area (Å²) in [7, 11) is 0. The van der Waals surface area contributed by atoms with Crippen LogP contribution in [0.2, 0.25) is 0 Å². The average molecular weight is 166 g/mol. The van der Waals surface area contributed by atoms with Gasteiger partial charge in [-0.15, -0.1) is 0 Å². The third-order valence-corrected chi connectivity index (χ3v) is 2.80. The zero-order valence-electron chi connectivity index (χ0n) is 6.66. The van der Waals surface area contributed by atoms with Crippen molar-refractivity contribution in [3.8, 4) is 0 Å². The number of hydrogen-bond acceptors (Lipinski definition) is 2. The summed E-state index contributed by atoms with van der Waals surface area (Å²) in [5, 5.41) is 6.42. The molecule has 2 aliphatic rings. The van der Waals surface area contributed by atoms with E-state index < -0.39 is 0 Å². The molecule has 1 aliphatic heterocycles. The van der Waals surface area contributed by atoms with E-state index in [4.69, 9.17) is 5.53 Å². The van der Waals surface area contributed by atoms with Gasteiger partial charge in [0.25, 0.3) is 0 Å². The molecular weight excluding hydrogens is 156 g/mol. The first kappa shape index (κ1) is 7.43. The number of nitrogens with zero attached hydrogens (tertiary/aromatic N) is 3. The molecule has 2 bridgehead atoms. The van der Waals surface area contributed by atoms with E-state index in [-0.39, 0.29) is 17.4 Å². The molecule has 1 N–H and O–H groups in total. The van der Waals surface area contributed by atoms with E-state index in [1.54, 1.807) is 0 Å². The molecule has 12 heavy (non-hydrogen) atoms. The highest BCUT2D eigenvalue weighted by Crippen LogP contribution is 2.40. The van der Waals surface area contributed by atoms with Gasteiger partial charge in [0, 0.05) is 22.9 Å². The smallest absolute Gasteiger partial charge is 0.223 e. The van der Waals surface area contributed by atoms with E-state index in [0.29, 0.717) is 6.54 Å². The van der Waals surface area contributed by atoms with Gasteiger partial charge in [0.2, 0.25) is 5.91 Å². The van der Waals surface area contributed by atoms with Crippen LogP contribution in [0.15, 0.2) is 5.11 Å². The minimum Gasteiger partial charge on any atom is -0.350 e. The Labute approximate surface area is 69.8 Å². The largest absolute Gasteiger partial charge is 0.350 e. The Morgan fingerprint density at radius 1 is 1.83 bits per heavy atom. The number of rotatable bonds is 2. The maximum absolute atomic E-state index is 11.2. The normalized spacial score (nSPS) is 37.7. The summed E-state index contributed by atoms with van der Waals surface area (Å²) < 4.78 is 0. The van der Waals surface area contributed by atoms with E-state index in [2.05, 4.69) is 15.3 Å². The van der Waals surface area contributed by atoms with Crippen molar-refractivity contribution in [2.45, 2.75) is 24.8 Å². The first-order valence-corrected chi connectivity index (χ1v) is 4.09. The van der Waals surface area contributed by atoms with Crippen molar-refractivity contribution in [2.24, 2.45) is 11.0 Å². The van der Waals surface area contributed by atoms with Gasteiger partial charge in [-0.3, -0.25) is 4.79 Å². The highest BCUT2D eigenvalue weighted by atomic mass is 16.2. The van der Waals surface area contributed by atoms with Crippen molar-refractivity contribution in [3.05, 3.63) is 10.4 Å². The molecule has 2 unspecified atom stereocenters. The number of amides is 1. The van der Waals surface area contributed by atoms with Crippen LogP contribution in [0.3, 0.4) is 0 Å². The zero-order chi connectivity index (χ0) is 8.60. The van der Waals surface area contributed by atoms with Gasteiger partial charge in [-0.2, -0.15) is 0 Å². The summed E-state index contributed by atoms with van der Waals surface area (Å²) in [6, 6.07) is 0. The molecule has 2 fully saturated rings. The number of azide groups is 1. The van der Waals surface area contributed by atoms with E-state index >= 15 is 0 Å². The lowest BCUT2D eigenvalue weighted by atomic mass is 10.00. The second kappa shape index (κ2) is 2.38. The molecule has 1 amide bonds. The average Bonchev–Trinajstić information content (AvgIpc) is 2.58. The lowest BCUT2D eigenvalue weighted by Crippen LogP contribution is -2.45. The number of carbonyl (C=O) groups is 1. The van der Waals surface area contributed by atoms with Crippen molar-refractivity contribution in [1.29, 1.82) is 0 Å². The summed E-state index contributed by atoms with van der Waals surface area (Å²) >= 11 is 0. The van der Waals surface area contributed by atoms with Gasteiger partial charge in [-0.25, -0.2) is 0 Å². The Hall–Kier alpha value is -1.22. The standard InChI is InChI=1S/C7H10N4O/c8-11-9-4-7-2-1-5(3-7)6(12)10-7/h5H,1-4H2,(H,10,12). The van der Waals surface area contributed by atoms with E-state index in [0.717, 1.165) is 19.3 Å². The van der Waals surface area contributed by atoms with Crippen LogP contribution in [0, 0.1) is 5.92 Å². The van der Waals surface area contributed by atoms with Crippen LogP contribution in [-0.4, -0.2) is 18.0 Å². The summed E-state index contributed by atoms with van der Waals surface area (Å²) in [5.41, 5.74) is 7.98. The highest BCUT2D eigenvalue weighted by Gasteiger charge is 2.49. The van der Waals surface area contributed by atoms with Gasteiger partial charge in [0.05, 0.1) is 0 Å². The Balaban J connectivity index is 2.12. The van der Waals surface area contributed by atoms with Crippen molar-refractivity contribution < 1.29 is 4.79 Å². The second-order valence-electron chi connectivity index (χ2n) is 3.60. The molecule has 1 aliphatic carbocycles. The monoisotopic (exact) mass is 166 g/mol. The molecular formula is C7H10N4O. The number of nitrogens with one attached hydrogen (secondary N) is 1. The third kappa shape index (κ3) is 0.940. The van der Waals surface area contributed by atoms with Crippen LogP contribution in [-0.2, 0) is 4.79 Å². The Bertz CT molecular complexity index is 271. The second-order valence-corrected chi connectivity index (χ2v) is 3.60. The van der Waals surface area contributed by atoms with Crippen LogP contribution in [0.5, 0.6) is 0 Å². The molecule has 5 nitrogen and oxygen atoms in total. The van der Waals surface area contributed by atoms with Gasteiger partial charge in [-0.1, -0.05) is 5.11 Å². The fourth-order valence-corrected chi connectivity index (χ4v) is 2.18. The summed E-state index contributed by atoms with van der Waals surface area (Å²) in [6.45, 7) is 0.408. The third-order valence-electron chi connectivity index (χ3n) is 2.80. The predicted octanol–water partition coefficient (Wildman–Crippen LogP) is 0.965. The molecule has 2 rings (SSSR count). The SMILES string of the molecule is [N-]=[N+]=NCC12CCC(C1)C(=O)N2. The molecule has 5 heteroatoms. The predicted molar refractivity (Wildman–Crippen MR) is 42.2 cm³/mol. The topological polar surface area (TPSA) is 77.9 Å².